The van der Waals surface area contributed by atoms with Crippen molar-refractivity contribution in [1.29, 1.82) is 0 Å². The van der Waals surface area contributed by atoms with Crippen LogP contribution in [0.15, 0.2) is 35.7 Å². The molecule has 0 N–H and O–H groups in total. The molecule has 0 unspecified atom stereocenters. The van der Waals surface area contributed by atoms with Crippen LogP contribution in [-0.4, -0.2) is 72.0 Å². The van der Waals surface area contributed by atoms with Crippen LogP contribution in [0.1, 0.15) is 59.0 Å². The van der Waals surface area contributed by atoms with E-state index in [2.05, 4.69) is 10.6 Å². The molecule has 3 aliphatic rings. The Balaban J connectivity index is 1.37. The molecule has 210 valence electrons. The Labute approximate surface area is 238 Å². The Bertz CT molecular complexity index is 1440. The number of ether oxygens (including phenoxy) is 2. The number of benzene rings is 1. The summed E-state index contributed by atoms with van der Waals surface area (Å²) in [5.74, 6) is 0.489. The van der Waals surface area contributed by atoms with Gasteiger partial charge >= 0.3 is 5.97 Å². The molecule has 0 spiro atoms. The zero-order chi connectivity index (χ0) is 27.8. The van der Waals surface area contributed by atoms with Crippen molar-refractivity contribution in [1.82, 2.24) is 14.4 Å². The molecule has 1 saturated heterocycles. The standard InChI is InChI=1S/C31H35N3O5S/c1-3-39-31(37)23-18-22-21(17-26(23)38-2)10-13-34-25(19-24(28(22)34)27-9-5-16-40-27)30(36)33-12-6-11-32(14-15-33)29(35)20-7-4-8-20/h5,9,16-20H,3-4,6-8,10-15H2,1-2H3. The summed E-state index contributed by atoms with van der Waals surface area (Å²) < 4.78 is 13.0. The van der Waals surface area contributed by atoms with Crippen molar-refractivity contribution >= 4 is 29.1 Å². The molecule has 2 aliphatic heterocycles. The quantitative estimate of drug-likeness (QED) is 0.391. The van der Waals surface area contributed by atoms with E-state index in [9.17, 15) is 14.4 Å². The Morgan fingerprint density at radius 1 is 0.975 bits per heavy atom. The van der Waals surface area contributed by atoms with Gasteiger partial charge in [-0.25, -0.2) is 4.79 Å². The first-order chi connectivity index (χ1) is 19.5. The van der Waals surface area contributed by atoms with E-state index in [-0.39, 0.29) is 24.3 Å². The van der Waals surface area contributed by atoms with Crippen molar-refractivity contribution < 1.29 is 23.9 Å². The van der Waals surface area contributed by atoms with Crippen LogP contribution >= 0.6 is 11.3 Å². The summed E-state index contributed by atoms with van der Waals surface area (Å²) in [5, 5.41) is 2.03. The number of aryl methyl sites for hydroxylation is 1. The van der Waals surface area contributed by atoms with Crippen LogP contribution in [0.3, 0.4) is 0 Å². The van der Waals surface area contributed by atoms with Crippen LogP contribution in [0.2, 0.25) is 0 Å². The summed E-state index contributed by atoms with van der Waals surface area (Å²) in [6, 6.07) is 9.87. The number of hydrogen-bond acceptors (Lipinski definition) is 6. The third-order valence-electron chi connectivity index (χ3n) is 8.43. The lowest BCUT2D eigenvalue weighted by Crippen LogP contribution is -2.42. The number of rotatable bonds is 6. The third-order valence-corrected chi connectivity index (χ3v) is 9.34. The zero-order valence-electron chi connectivity index (χ0n) is 23.1. The Morgan fingerprint density at radius 3 is 2.48 bits per heavy atom. The topological polar surface area (TPSA) is 81.1 Å². The predicted octanol–water partition coefficient (Wildman–Crippen LogP) is 5.10. The SMILES string of the molecule is CCOC(=O)c1cc2c(cc1OC)CCn1c(C(=O)N3CCCN(C(=O)C4CCC4)CC3)cc(-c3cccs3)c1-2. The summed E-state index contributed by atoms with van der Waals surface area (Å²) in [6.07, 6.45) is 4.61. The predicted molar refractivity (Wildman–Crippen MR) is 154 cm³/mol. The van der Waals surface area contributed by atoms with Gasteiger partial charge in [-0.2, -0.15) is 0 Å². The molecular weight excluding hydrogens is 526 g/mol. The highest BCUT2D eigenvalue weighted by Crippen LogP contribution is 2.44. The molecule has 40 heavy (non-hydrogen) atoms. The molecule has 6 rings (SSSR count). The minimum Gasteiger partial charge on any atom is -0.496 e. The molecule has 8 nitrogen and oxygen atoms in total. The number of amides is 2. The van der Waals surface area contributed by atoms with Crippen molar-refractivity contribution in [2.45, 2.75) is 45.6 Å². The highest BCUT2D eigenvalue weighted by molar-refractivity contribution is 7.13. The van der Waals surface area contributed by atoms with Gasteiger partial charge in [-0.3, -0.25) is 9.59 Å². The number of thiophene rings is 1. The molecule has 2 amide bonds. The zero-order valence-corrected chi connectivity index (χ0v) is 23.9. The number of carbonyl (C=O) groups is 3. The summed E-state index contributed by atoms with van der Waals surface area (Å²) in [4.78, 5) is 44.7. The number of aromatic nitrogens is 1. The van der Waals surface area contributed by atoms with Crippen LogP contribution in [-0.2, 0) is 22.5 Å². The van der Waals surface area contributed by atoms with Gasteiger partial charge in [0, 0.05) is 54.6 Å². The summed E-state index contributed by atoms with van der Waals surface area (Å²) >= 11 is 1.63. The van der Waals surface area contributed by atoms with Crippen molar-refractivity contribution in [3.8, 4) is 27.4 Å². The molecule has 0 radical (unpaired) electrons. The van der Waals surface area contributed by atoms with Gasteiger partial charge in [-0.05, 0) is 67.8 Å². The van der Waals surface area contributed by atoms with E-state index >= 15 is 0 Å². The lowest BCUT2D eigenvalue weighted by atomic mass is 9.84. The lowest BCUT2D eigenvalue weighted by Gasteiger charge is -2.31. The molecular formula is C31H35N3O5S. The molecule has 4 heterocycles. The van der Waals surface area contributed by atoms with E-state index in [1.165, 1.54) is 0 Å². The van der Waals surface area contributed by atoms with Crippen molar-refractivity contribution in [3.63, 3.8) is 0 Å². The van der Waals surface area contributed by atoms with Crippen LogP contribution in [0, 0.1) is 5.92 Å². The minimum absolute atomic E-state index is 0.00965. The summed E-state index contributed by atoms with van der Waals surface area (Å²) in [5.41, 5.74) is 4.95. The van der Waals surface area contributed by atoms with Gasteiger partial charge < -0.3 is 23.8 Å². The maximum Gasteiger partial charge on any atom is 0.341 e. The molecule has 3 aromatic rings. The van der Waals surface area contributed by atoms with Crippen molar-refractivity contribution in [2.75, 3.05) is 39.9 Å². The lowest BCUT2D eigenvalue weighted by molar-refractivity contribution is -0.138. The third kappa shape index (κ3) is 4.70. The largest absolute Gasteiger partial charge is 0.496 e. The Kier molecular flexibility index (Phi) is 7.40. The molecule has 1 aromatic carbocycles. The van der Waals surface area contributed by atoms with Crippen LogP contribution in [0.5, 0.6) is 5.75 Å². The second-order valence-electron chi connectivity index (χ2n) is 10.7. The molecule has 9 heteroatoms. The summed E-state index contributed by atoms with van der Waals surface area (Å²) in [6.45, 7) is 5.16. The number of hydrogen-bond donors (Lipinski definition) is 0. The smallest absolute Gasteiger partial charge is 0.341 e. The van der Waals surface area contributed by atoms with E-state index in [1.54, 1.807) is 25.4 Å². The van der Waals surface area contributed by atoms with E-state index in [0.29, 0.717) is 56.2 Å². The molecule has 0 atom stereocenters. The average molecular weight is 562 g/mol. The van der Waals surface area contributed by atoms with Gasteiger partial charge in [0.1, 0.15) is 17.0 Å². The Hall–Kier alpha value is -3.59. The highest BCUT2D eigenvalue weighted by Gasteiger charge is 2.34. The summed E-state index contributed by atoms with van der Waals surface area (Å²) in [7, 11) is 1.56. The fourth-order valence-corrected chi connectivity index (χ4v) is 6.85. The Morgan fingerprint density at radius 2 is 1.77 bits per heavy atom. The van der Waals surface area contributed by atoms with Crippen molar-refractivity contribution in [2.24, 2.45) is 5.92 Å². The minimum atomic E-state index is -0.426. The average Bonchev–Trinajstić information content (AvgIpc) is 3.53. The van der Waals surface area contributed by atoms with Gasteiger partial charge in [0.25, 0.3) is 5.91 Å². The van der Waals surface area contributed by atoms with E-state index in [1.807, 2.05) is 39.4 Å². The van der Waals surface area contributed by atoms with Gasteiger partial charge in [0.05, 0.1) is 19.4 Å². The van der Waals surface area contributed by atoms with Gasteiger partial charge in [0.2, 0.25) is 5.91 Å². The molecule has 1 saturated carbocycles. The molecule has 1 aliphatic carbocycles. The van der Waals surface area contributed by atoms with Gasteiger partial charge in [-0.15, -0.1) is 11.3 Å². The second-order valence-corrected chi connectivity index (χ2v) is 11.6. The fourth-order valence-electron chi connectivity index (χ4n) is 6.10. The maximum absolute atomic E-state index is 14.1. The first-order valence-electron chi connectivity index (χ1n) is 14.2. The fraction of sp³-hybridized carbons (Fsp3) is 0.452. The first kappa shape index (κ1) is 26.6. The van der Waals surface area contributed by atoms with Gasteiger partial charge in [0.15, 0.2) is 0 Å². The number of carbonyl (C=O) groups excluding carboxylic acids is 3. The number of methoxy groups -OCH3 is 1. The van der Waals surface area contributed by atoms with Crippen LogP contribution in [0.25, 0.3) is 21.7 Å². The van der Waals surface area contributed by atoms with Crippen LogP contribution in [0.4, 0.5) is 0 Å². The highest BCUT2D eigenvalue weighted by atomic mass is 32.1. The molecule has 0 bridgehead atoms. The first-order valence-corrected chi connectivity index (χ1v) is 15.1. The van der Waals surface area contributed by atoms with Gasteiger partial charge in [-0.1, -0.05) is 12.5 Å². The van der Waals surface area contributed by atoms with E-state index in [4.69, 9.17) is 9.47 Å². The van der Waals surface area contributed by atoms with Crippen LogP contribution < -0.4 is 4.74 Å². The van der Waals surface area contributed by atoms with Crippen molar-refractivity contribution in [3.05, 3.63) is 52.5 Å². The monoisotopic (exact) mass is 561 g/mol. The maximum atomic E-state index is 14.1. The second kappa shape index (κ2) is 11.1. The molecule has 2 aromatic heterocycles. The van der Waals surface area contributed by atoms with E-state index in [0.717, 1.165) is 52.9 Å². The molecule has 2 fully saturated rings. The normalized spacial score (nSPS) is 16.9. The number of fused-ring (bicyclic) bond motifs is 3. The van der Waals surface area contributed by atoms with E-state index < -0.39 is 5.97 Å². The number of nitrogens with zero attached hydrogens (tertiary/aromatic N) is 3. The number of esters is 1.